The van der Waals surface area contributed by atoms with Gasteiger partial charge in [0.1, 0.15) is 0 Å². The Morgan fingerprint density at radius 1 is 0.618 bits per heavy atom. The van der Waals surface area contributed by atoms with E-state index in [1.807, 2.05) is 0 Å². The van der Waals surface area contributed by atoms with Crippen LogP contribution in [-0.4, -0.2) is 6.67 Å². The number of hydrogen-bond acceptors (Lipinski definition) is 0. The van der Waals surface area contributed by atoms with Crippen molar-refractivity contribution in [3.8, 4) is 11.1 Å². The molecular weight excluding hydrogens is 415 g/mol. The van der Waals surface area contributed by atoms with Crippen molar-refractivity contribution in [2.75, 3.05) is 6.67 Å². The van der Waals surface area contributed by atoms with Crippen LogP contribution in [-0.2, 0) is 6.42 Å². The van der Waals surface area contributed by atoms with E-state index in [4.69, 9.17) is 0 Å². The summed E-state index contributed by atoms with van der Waals surface area (Å²) in [5.74, 6) is 3.51. The zero-order valence-electron chi connectivity index (χ0n) is 21.6. The first-order valence-electron chi connectivity index (χ1n) is 14.5. The molecule has 0 spiro atoms. The summed E-state index contributed by atoms with van der Waals surface area (Å²) in [6, 6.07) is 18.7. The second kappa shape index (κ2) is 13.5. The molecule has 0 unspecified atom stereocenters. The molecule has 34 heavy (non-hydrogen) atoms. The number of rotatable bonds is 11. The summed E-state index contributed by atoms with van der Waals surface area (Å²) in [5, 5.41) is 0. The van der Waals surface area contributed by atoms with E-state index in [2.05, 4.69) is 55.5 Å². The van der Waals surface area contributed by atoms with Gasteiger partial charge in [0, 0.05) is 0 Å². The second-order valence-corrected chi connectivity index (χ2v) is 11.4. The number of benzene rings is 2. The topological polar surface area (TPSA) is 0 Å². The maximum Gasteiger partial charge on any atom is 0.0894 e. The Morgan fingerprint density at radius 3 is 1.74 bits per heavy atom. The van der Waals surface area contributed by atoms with E-state index in [-0.39, 0.29) is 6.67 Å². The normalized spacial score (nSPS) is 25.4. The average molecular weight is 463 g/mol. The van der Waals surface area contributed by atoms with Crippen molar-refractivity contribution in [2.45, 2.75) is 109 Å². The van der Waals surface area contributed by atoms with Crippen molar-refractivity contribution in [1.82, 2.24) is 0 Å². The summed E-state index contributed by atoms with van der Waals surface area (Å²) < 4.78 is 12.3. The first-order chi connectivity index (χ1) is 16.7. The van der Waals surface area contributed by atoms with E-state index in [1.54, 1.807) is 0 Å². The molecule has 0 aromatic heterocycles. The van der Waals surface area contributed by atoms with Crippen LogP contribution >= 0.6 is 0 Å². The van der Waals surface area contributed by atoms with E-state index >= 15 is 0 Å². The van der Waals surface area contributed by atoms with Gasteiger partial charge < -0.3 is 0 Å². The van der Waals surface area contributed by atoms with Crippen molar-refractivity contribution in [3.63, 3.8) is 0 Å². The smallest absolute Gasteiger partial charge is 0.0894 e. The molecule has 2 saturated carbocycles. The lowest BCUT2D eigenvalue weighted by Gasteiger charge is -2.29. The van der Waals surface area contributed by atoms with Crippen LogP contribution in [0.4, 0.5) is 4.39 Å². The van der Waals surface area contributed by atoms with E-state index in [1.165, 1.54) is 106 Å². The minimum absolute atomic E-state index is 0.148. The fourth-order valence-electron chi connectivity index (χ4n) is 6.71. The van der Waals surface area contributed by atoms with Gasteiger partial charge in [-0.25, -0.2) is 0 Å². The molecule has 2 aromatic carbocycles. The molecule has 1 heteroatoms. The minimum Gasteiger partial charge on any atom is -0.251 e. The van der Waals surface area contributed by atoms with Gasteiger partial charge in [0.05, 0.1) is 6.67 Å². The molecular formula is C33H47F. The molecule has 0 amide bonds. The first kappa shape index (κ1) is 25.5. The highest BCUT2D eigenvalue weighted by Crippen LogP contribution is 2.38. The van der Waals surface area contributed by atoms with Gasteiger partial charge in [-0.3, -0.25) is 4.39 Å². The Labute approximate surface area is 208 Å². The molecule has 0 nitrogen and oxygen atoms in total. The lowest BCUT2D eigenvalue weighted by atomic mass is 9.77. The van der Waals surface area contributed by atoms with Crippen LogP contribution in [0.2, 0.25) is 0 Å². The molecule has 2 aliphatic rings. The maximum absolute atomic E-state index is 12.3. The Bertz CT molecular complexity index is 805. The summed E-state index contributed by atoms with van der Waals surface area (Å²) >= 11 is 0. The lowest BCUT2D eigenvalue weighted by Crippen LogP contribution is -2.15. The molecule has 4 rings (SSSR count). The summed E-state index contributed by atoms with van der Waals surface area (Å²) in [6.45, 7) is 2.18. The van der Waals surface area contributed by atoms with Crippen LogP contribution in [0.25, 0.3) is 11.1 Å². The molecule has 0 bridgehead atoms. The summed E-state index contributed by atoms with van der Waals surface area (Å²) in [7, 11) is 0. The van der Waals surface area contributed by atoms with Gasteiger partial charge in [-0.2, -0.15) is 0 Å². The summed E-state index contributed by atoms with van der Waals surface area (Å²) in [4.78, 5) is 0. The zero-order valence-corrected chi connectivity index (χ0v) is 21.6. The minimum atomic E-state index is -0.148. The van der Waals surface area contributed by atoms with Gasteiger partial charge in [0.25, 0.3) is 0 Å². The van der Waals surface area contributed by atoms with E-state index in [0.717, 1.165) is 30.6 Å². The number of unbranched alkanes of at least 4 members (excludes halogenated alkanes) is 1. The molecule has 2 aromatic rings. The highest BCUT2D eigenvalue weighted by molar-refractivity contribution is 5.64. The molecule has 0 radical (unpaired) electrons. The van der Waals surface area contributed by atoms with Crippen molar-refractivity contribution in [2.24, 2.45) is 17.8 Å². The zero-order chi connectivity index (χ0) is 23.6. The molecule has 2 fully saturated rings. The van der Waals surface area contributed by atoms with Crippen LogP contribution in [0, 0.1) is 17.8 Å². The third-order valence-corrected chi connectivity index (χ3v) is 9.02. The molecule has 0 N–H and O–H groups in total. The van der Waals surface area contributed by atoms with Gasteiger partial charge >= 0.3 is 0 Å². The first-order valence-corrected chi connectivity index (χ1v) is 14.5. The Hall–Kier alpha value is -1.63. The molecule has 0 aliphatic heterocycles. The Morgan fingerprint density at radius 2 is 1.15 bits per heavy atom. The van der Waals surface area contributed by atoms with Crippen molar-refractivity contribution < 1.29 is 4.39 Å². The quantitative estimate of drug-likeness (QED) is 0.291. The van der Waals surface area contributed by atoms with Crippen LogP contribution in [0.5, 0.6) is 0 Å². The number of halogens is 1. The molecule has 186 valence electrons. The monoisotopic (exact) mass is 462 g/mol. The average Bonchev–Trinajstić information content (AvgIpc) is 2.89. The fraction of sp³-hybridized carbons (Fsp3) is 0.636. The highest BCUT2D eigenvalue weighted by Gasteiger charge is 2.22. The van der Waals surface area contributed by atoms with Gasteiger partial charge in [0.15, 0.2) is 0 Å². The van der Waals surface area contributed by atoms with Gasteiger partial charge in [-0.05, 0) is 90.9 Å². The van der Waals surface area contributed by atoms with Crippen molar-refractivity contribution in [3.05, 3.63) is 59.7 Å². The van der Waals surface area contributed by atoms with E-state index in [9.17, 15) is 4.39 Å². The van der Waals surface area contributed by atoms with Gasteiger partial charge in [0.2, 0.25) is 0 Å². The standard InChI is InChI=1S/C33H47F/c1-2-5-26-7-9-28(10-8-26)11-12-29-15-19-31(20-16-29)33-23-21-32(22-24-33)30-17-13-27(14-18-30)6-3-4-25-34/h15-16,19-24,26-28,30H,2-14,17-18,25H2,1H3/t26-,27-,28-,30-. The van der Waals surface area contributed by atoms with Crippen LogP contribution in [0.1, 0.15) is 114 Å². The van der Waals surface area contributed by atoms with Crippen LogP contribution < -0.4 is 0 Å². The number of aryl methyl sites for hydroxylation is 1. The third kappa shape index (κ3) is 7.43. The third-order valence-electron chi connectivity index (χ3n) is 9.02. The molecule has 0 heterocycles. The van der Waals surface area contributed by atoms with Crippen LogP contribution in [0.15, 0.2) is 48.5 Å². The fourth-order valence-corrected chi connectivity index (χ4v) is 6.71. The maximum atomic E-state index is 12.3. The molecule has 0 saturated heterocycles. The SMILES string of the molecule is CCC[C@H]1CC[C@H](CCc2ccc(-c3ccc([C@H]4CC[C@H](CCCCF)CC4)cc3)cc2)CC1. The molecule has 2 aliphatic carbocycles. The number of hydrogen-bond donors (Lipinski definition) is 0. The predicted octanol–water partition coefficient (Wildman–Crippen LogP) is 10.3. The summed E-state index contributed by atoms with van der Waals surface area (Å²) in [5.41, 5.74) is 5.69. The second-order valence-electron chi connectivity index (χ2n) is 11.4. The largest absolute Gasteiger partial charge is 0.251 e. The predicted molar refractivity (Wildman–Crippen MR) is 145 cm³/mol. The van der Waals surface area contributed by atoms with Crippen LogP contribution in [0.3, 0.4) is 0 Å². The number of alkyl halides is 1. The van der Waals surface area contributed by atoms with E-state index < -0.39 is 0 Å². The van der Waals surface area contributed by atoms with E-state index in [0.29, 0.717) is 5.92 Å². The summed E-state index contributed by atoms with van der Waals surface area (Å²) in [6.07, 6.45) is 19.5. The van der Waals surface area contributed by atoms with Gasteiger partial charge in [-0.15, -0.1) is 0 Å². The lowest BCUT2D eigenvalue weighted by molar-refractivity contribution is 0.252. The van der Waals surface area contributed by atoms with Crippen molar-refractivity contribution >= 4 is 0 Å². The Kier molecular flexibility index (Phi) is 10.1. The molecule has 0 atom stereocenters. The van der Waals surface area contributed by atoms with Gasteiger partial charge in [-0.1, -0.05) is 107 Å². The highest BCUT2D eigenvalue weighted by atomic mass is 19.1. The van der Waals surface area contributed by atoms with Crippen molar-refractivity contribution in [1.29, 1.82) is 0 Å². The Balaban J connectivity index is 1.22.